The van der Waals surface area contributed by atoms with Gasteiger partial charge in [0.1, 0.15) is 0 Å². The second-order valence-electron chi connectivity index (χ2n) is 5.65. The van der Waals surface area contributed by atoms with Crippen molar-refractivity contribution < 1.29 is 4.79 Å². The predicted molar refractivity (Wildman–Crippen MR) is 66.1 cm³/mol. The van der Waals surface area contributed by atoms with Crippen LogP contribution in [0.25, 0.3) is 0 Å². The van der Waals surface area contributed by atoms with E-state index < -0.39 is 0 Å². The molecule has 92 valence electrons. The molecule has 2 aliphatic carbocycles. The van der Waals surface area contributed by atoms with Crippen molar-refractivity contribution in [3.8, 4) is 0 Å². The summed E-state index contributed by atoms with van der Waals surface area (Å²) in [6.45, 7) is 4.46. The molecule has 1 N–H and O–H groups in total. The SMILES string of the molecule is CCC1CCC(NC(=O)[C@H]2CC2CC)CC1. The van der Waals surface area contributed by atoms with Crippen molar-refractivity contribution >= 4 is 5.91 Å². The third-order valence-electron chi connectivity index (χ3n) is 4.55. The molecule has 0 aromatic rings. The largest absolute Gasteiger partial charge is 0.353 e. The highest BCUT2D eigenvalue weighted by Crippen LogP contribution is 2.41. The predicted octanol–water partition coefficient (Wildman–Crippen LogP) is 3.12. The van der Waals surface area contributed by atoms with Crippen LogP contribution in [0.2, 0.25) is 0 Å². The van der Waals surface area contributed by atoms with E-state index in [0.717, 1.165) is 12.3 Å². The summed E-state index contributed by atoms with van der Waals surface area (Å²) < 4.78 is 0. The second kappa shape index (κ2) is 5.20. The van der Waals surface area contributed by atoms with E-state index in [2.05, 4.69) is 19.2 Å². The number of hydrogen-bond donors (Lipinski definition) is 1. The number of rotatable bonds is 4. The van der Waals surface area contributed by atoms with E-state index in [9.17, 15) is 4.79 Å². The molecule has 0 aliphatic heterocycles. The first-order valence-corrected chi connectivity index (χ1v) is 7.05. The quantitative estimate of drug-likeness (QED) is 0.779. The zero-order valence-electron chi connectivity index (χ0n) is 10.7. The van der Waals surface area contributed by atoms with Crippen molar-refractivity contribution in [3.63, 3.8) is 0 Å². The molecule has 2 atom stereocenters. The molecule has 0 aromatic heterocycles. The van der Waals surface area contributed by atoms with Crippen LogP contribution in [-0.2, 0) is 4.79 Å². The van der Waals surface area contributed by atoms with Crippen molar-refractivity contribution in [2.45, 2.75) is 64.8 Å². The van der Waals surface area contributed by atoms with Gasteiger partial charge in [0.15, 0.2) is 0 Å². The van der Waals surface area contributed by atoms with Crippen LogP contribution in [0.15, 0.2) is 0 Å². The Morgan fingerprint density at radius 2 is 1.81 bits per heavy atom. The second-order valence-corrected chi connectivity index (χ2v) is 5.65. The fraction of sp³-hybridized carbons (Fsp3) is 0.929. The lowest BCUT2D eigenvalue weighted by molar-refractivity contribution is -0.123. The van der Waals surface area contributed by atoms with Gasteiger partial charge in [-0.1, -0.05) is 26.7 Å². The van der Waals surface area contributed by atoms with Gasteiger partial charge in [-0.15, -0.1) is 0 Å². The molecule has 1 unspecified atom stereocenters. The lowest BCUT2D eigenvalue weighted by atomic mass is 9.84. The molecule has 2 fully saturated rings. The Morgan fingerprint density at radius 3 is 2.31 bits per heavy atom. The van der Waals surface area contributed by atoms with Gasteiger partial charge in [0.2, 0.25) is 5.91 Å². The van der Waals surface area contributed by atoms with Gasteiger partial charge in [0.25, 0.3) is 0 Å². The average molecular weight is 223 g/mol. The minimum Gasteiger partial charge on any atom is -0.353 e. The first kappa shape index (κ1) is 11.9. The number of carbonyl (C=O) groups excluding carboxylic acids is 1. The molecule has 0 aromatic carbocycles. The summed E-state index contributed by atoms with van der Waals surface area (Å²) in [5, 5.41) is 3.25. The maximum absolute atomic E-state index is 11.9. The van der Waals surface area contributed by atoms with Crippen molar-refractivity contribution in [2.24, 2.45) is 17.8 Å². The van der Waals surface area contributed by atoms with Crippen molar-refractivity contribution in [3.05, 3.63) is 0 Å². The molecule has 2 saturated carbocycles. The Balaban J connectivity index is 1.69. The van der Waals surface area contributed by atoms with E-state index in [0.29, 0.717) is 23.8 Å². The average Bonchev–Trinajstić information content (AvgIpc) is 3.09. The summed E-state index contributed by atoms with van der Waals surface area (Å²) in [6, 6.07) is 0.480. The molecule has 1 amide bonds. The zero-order valence-corrected chi connectivity index (χ0v) is 10.7. The maximum Gasteiger partial charge on any atom is 0.223 e. The van der Waals surface area contributed by atoms with E-state index >= 15 is 0 Å². The fourth-order valence-electron chi connectivity index (χ4n) is 3.04. The zero-order chi connectivity index (χ0) is 11.5. The van der Waals surface area contributed by atoms with Crippen LogP contribution in [0, 0.1) is 17.8 Å². The van der Waals surface area contributed by atoms with E-state index in [1.54, 1.807) is 0 Å². The van der Waals surface area contributed by atoms with E-state index in [1.807, 2.05) is 0 Å². The molecule has 0 radical (unpaired) electrons. The Morgan fingerprint density at radius 1 is 1.12 bits per heavy atom. The standard InChI is InChI=1S/C14H25NO/c1-3-10-5-7-12(8-6-10)15-14(16)13-9-11(13)4-2/h10-13H,3-9H2,1-2H3,(H,15,16)/t10?,11?,12?,13-/m0/s1. The minimum atomic E-state index is 0.340. The fourth-order valence-corrected chi connectivity index (χ4v) is 3.04. The molecule has 2 nitrogen and oxygen atoms in total. The number of amides is 1. The maximum atomic E-state index is 11.9. The highest BCUT2D eigenvalue weighted by molar-refractivity contribution is 5.81. The number of nitrogens with one attached hydrogen (secondary N) is 1. The molecule has 2 heteroatoms. The van der Waals surface area contributed by atoms with E-state index in [-0.39, 0.29) is 0 Å². The molecular weight excluding hydrogens is 198 g/mol. The van der Waals surface area contributed by atoms with Crippen LogP contribution in [0.5, 0.6) is 0 Å². The first-order valence-electron chi connectivity index (χ1n) is 7.05. The molecule has 0 saturated heterocycles. The van der Waals surface area contributed by atoms with E-state index in [4.69, 9.17) is 0 Å². The van der Waals surface area contributed by atoms with Gasteiger partial charge in [0, 0.05) is 12.0 Å². The summed E-state index contributed by atoms with van der Waals surface area (Å²) >= 11 is 0. The van der Waals surface area contributed by atoms with Gasteiger partial charge >= 0.3 is 0 Å². The first-order chi connectivity index (χ1) is 7.74. The normalized spacial score (nSPS) is 38.1. The number of hydrogen-bond acceptors (Lipinski definition) is 1. The van der Waals surface area contributed by atoms with Crippen LogP contribution < -0.4 is 5.32 Å². The molecule has 2 aliphatic rings. The molecule has 0 spiro atoms. The van der Waals surface area contributed by atoms with Crippen LogP contribution in [0.4, 0.5) is 0 Å². The summed E-state index contributed by atoms with van der Waals surface area (Å²) in [5.74, 6) is 2.30. The summed E-state index contributed by atoms with van der Waals surface area (Å²) in [7, 11) is 0. The van der Waals surface area contributed by atoms with Gasteiger partial charge in [-0.3, -0.25) is 4.79 Å². The molecule has 2 rings (SSSR count). The van der Waals surface area contributed by atoms with Gasteiger partial charge < -0.3 is 5.32 Å². The van der Waals surface area contributed by atoms with Crippen molar-refractivity contribution in [1.82, 2.24) is 5.32 Å². The lowest BCUT2D eigenvalue weighted by Crippen LogP contribution is -2.38. The molecule has 0 heterocycles. The van der Waals surface area contributed by atoms with Crippen LogP contribution in [-0.4, -0.2) is 11.9 Å². The summed E-state index contributed by atoms with van der Waals surface area (Å²) in [5.41, 5.74) is 0. The van der Waals surface area contributed by atoms with Crippen molar-refractivity contribution in [2.75, 3.05) is 0 Å². The van der Waals surface area contributed by atoms with Crippen molar-refractivity contribution in [1.29, 1.82) is 0 Å². The summed E-state index contributed by atoms with van der Waals surface area (Å²) in [6.07, 6.45) is 8.63. The Hall–Kier alpha value is -0.530. The highest BCUT2D eigenvalue weighted by atomic mass is 16.2. The monoisotopic (exact) mass is 223 g/mol. The van der Waals surface area contributed by atoms with Crippen LogP contribution >= 0.6 is 0 Å². The Kier molecular flexibility index (Phi) is 3.88. The van der Waals surface area contributed by atoms with Gasteiger partial charge in [-0.25, -0.2) is 0 Å². The molecular formula is C14H25NO. The highest BCUT2D eigenvalue weighted by Gasteiger charge is 2.41. The van der Waals surface area contributed by atoms with Gasteiger partial charge in [0.05, 0.1) is 0 Å². The van der Waals surface area contributed by atoms with Crippen LogP contribution in [0.1, 0.15) is 58.8 Å². The molecule has 16 heavy (non-hydrogen) atoms. The topological polar surface area (TPSA) is 29.1 Å². The number of carbonyl (C=O) groups is 1. The third-order valence-corrected chi connectivity index (χ3v) is 4.55. The van der Waals surface area contributed by atoms with Crippen LogP contribution in [0.3, 0.4) is 0 Å². The van der Waals surface area contributed by atoms with E-state index in [1.165, 1.54) is 38.5 Å². The third kappa shape index (κ3) is 2.78. The Bertz CT molecular complexity index is 243. The van der Waals surface area contributed by atoms with Gasteiger partial charge in [-0.05, 0) is 43.9 Å². The lowest BCUT2D eigenvalue weighted by Gasteiger charge is -2.28. The minimum absolute atomic E-state index is 0.340. The molecule has 0 bridgehead atoms. The Labute approximate surface area is 99.2 Å². The van der Waals surface area contributed by atoms with Gasteiger partial charge in [-0.2, -0.15) is 0 Å². The smallest absolute Gasteiger partial charge is 0.223 e. The summed E-state index contributed by atoms with van der Waals surface area (Å²) in [4.78, 5) is 11.9.